The Balaban J connectivity index is 1.40. The summed E-state index contributed by atoms with van der Waals surface area (Å²) in [5, 5.41) is 8.33. The minimum Gasteiger partial charge on any atom is -0.454 e. The van der Waals surface area contributed by atoms with Crippen LogP contribution in [0.3, 0.4) is 0 Å². The van der Waals surface area contributed by atoms with Gasteiger partial charge in [-0.1, -0.05) is 18.2 Å². The van der Waals surface area contributed by atoms with Crippen molar-refractivity contribution in [3.05, 3.63) is 54.6 Å². The summed E-state index contributed by atoms with van der Waals surface area (Å²) < 4.78 is 10.8. The normalized spacial score (nSPS) is 20.7. The first-order valence-electron chi connectivity index (χ1n) is 10.3. The largest absolute Gasteiger partial charge is 0.454 e. The Morgan fingerprint density at radius 1 is 1.16 bits per heavy atom. The number of hydrogen-bond donors (Lipinski definition) is 3. The van der Waals surface area contributed by atoms with Crippen molar-refractivity contribution in [3.63, 3.8) is 0 Å². The third-order valence-electron chi connectivity index (χ3n) is 5.82. The van der Waals surface area contributed by atoms with Gasteiger partial charge in [0.2, 0.25) is 12.7 Å². The number of nitrogens with one attached hydrogen (secondary N) is 3. The van der Waals surface area contributed by atoms with Crippen LogP contribution >= 0.6 is 0 Å². The van der Waals surface area contributed by atoms with Gasteiger partial charge in [-0.3, -0.25) is 9.59 Å². The molecule has 0 unspecified atom stereocenters. The molecule has 9 nitrogen and oxygen atoms in total. The van der Waals surface area contributed by atoms with Gasteiger partial charge in [0.1, 0.15) is 6.04 Å². The fourth-order valence-electron chi connectivity index (χ4n) is 4.27. The first-order chi connectivity index (χ1) is 15.5. The molecule has 9 heteroatoms. The maximum atomic E-state index is 13.4. The van der Waals surface area contributed by atoms with Crippen LogP contribution in [-0.4, -0.2) is 54.7 Å². The van der Waals surface area contributed by atoms with E-state index in [0.717, 1.165) is 11.1 Å². The molecule has 0 saturated carbocycles. The van der Waals surface area contributed by atoms with E-state index in [1.807, 2.05) is 24.3 Å². The van der Waals surface area contributed by atoms with Crippen LogP contribution in [0.15, 0.2) is 49.1 Å². The van der Waals surface area contributed by atoms with E-state index in [9.17, 15) is 14.4 Å². The molecule has 3 aliphatic rings. The van der Waals surface area contributed by atoms with Crippen molar-refractivity contribution < 1.29 is 23.9 Å². The van der Waals surface area contributed by atoms with Crippen molar-refractivity contribution >= 4 is 23.5 Å². The Morgan fingerprint density at radius 2 is 1.94 bits per heavy atom. The summed E-state index contributed by atoms with van der Waals surface area (Å²) in [4.78, 5) is 39.7. The van der Waals surface area contributed by atoms with Crippen LogP contribution < -0.4 is 25.4 Å². The highest BCUT2D eigenvalue weighted by molar-refractivity contribution is 6.11. The molecule has 0 spiro atoms. The Kier molecular flexibility index (Phi) is 4.93. The number of carbonyl (C=O) groups is 3. The standard InChI is InChI=1S/C23H22N4O5/c1-2-7-24-23(30)25-15-10-18-21(28)26-17-5-3-13(8-16(17)22(29)27(18)11-15)14-4-6-19-20(9-14)32-12-31-19/h2-6,8-9,15,18H,1,7,10-12H2,(H,26,28)(H2,24,25,30)/t15-,18-/m0/s1. The highest BCUT2D eigenvalue weighted by atomic mass is 16.7. The topological polar surface area (TPSA) is 109 Å². The second-order valence-corrected chi connectivity index (χ2v) is 7.87. The summed E-state index contributed by atoms with van der Waals surface area (Å²) in [6.07, 6.45) is 1.93. The molecular weight excluding hydrogens is 412 g/mol. The fraction of sp³-hybridized carbons (Fsp3) is 0.261. The van der Waals surface area contributed by atoms with Crippen molar-refractivity contribution in [2.24, 2.45) is 0 Å². The third-order valence-corrected chi connectivity index (χ3v) is 5.82. The number of nitrogens with zero attached hydrogens (tertiary/aromatic N) is 1. The first kappa shape index (κ1) is 19.9. The third kappa shape index (κ3) is 3.51. The van der Waals surface area contributed by atoms with Crippen LogP contribution in [0, 0.1) is 0 Å². The lowest BCUT2D eigenvalue weighted by molar-refractivity contribution is -0.119. The summed E-state index contributed by atoms with van der Waals surface area (Å²) in [6, 6.07) is 9.64. The molecule has 2 aromatic rings. The number of urea groups is 1. The summed E-state index contributed by atoms with van der Waals surface area (Å²) in [6.45, 7) is 4.34. The molecule has 1 fully saturated rings. The van der Waals surface area contributed by atoms with Crippen LogP contribution in [0.2, 0.25) is 0 Å². The maximum Gasteiger partial charge on any atom is 0.315 e. The van der Waals surface area contributed by atoms with Crippen molar-refractivity contribution in [1.29, 1.82) is 0 Å². The van der Waals surface area contributed by atoms with Crippen LogP contribution in [0.25, 0.3) is 11.1 Å². The molecular formula is C23H22N4O5. The molecule has 0 bridgehead atoms. The zero-order chi connectivity index (χ0) is 22.2. The molecule has 3 N–H and O–H groups in total. The summed E-state index contributed by atoms with van der Waals surface area (Å²) in [7, 11) is 0. The number of anilines is 1. The van der Waals surface area contributed by atoms with E-state index in [1.165, 1.54) is 4.90 Å². The van der Waals surface area contributed by atoms with Crippen molar-refractivity contribution in [2.45, 2.75) is 18.5 Å². The smallest absolute Gasteiger partial charge is 0.315 e. The average Bonchev–Trinajstić information content (AvgIpc) is 3.42. The van der Waals surface area contributed by atoms with Gasteiger partial charge in [0.15, 0.2) is 11.5 Å². The molecule has 2 atom stereocenters. The molecule has 3 heterocycles. The van der Waals surface area contributed by atoms with E-state index < -0.39 is 6.04 Å². The number of rotatable bonds is 4. The van der Waals surface area contributed by atoms with Crippen molar-refractivity contribution in [2.75, 3.05) is 25.2 Å². The van der Waals surface area contributed by atoms with E-state index in [2.05, 4.69) is 22.5 Å². The molecule has 0 aliphatic carbocycles. The molecule has 2 aromatic carbocycles. The lowest BCUT2D eigenvalue weighted by Crippen LogP contribution is -2.44. The number of fused-ring (bicyclic) bond motifs is 3. The van der Waals surface area contributed by atoms with Crippen LogP contribution in [0.5, 0.6) is 11.5 Å². The highest BCUT2D eigenvalue weighted by Gasteiger charge is 2.43. The molecule has 164 valence electrons. The van der Waals surface area contributed by atoms with Gasteiger partial charge in [-0.05, 0) is 41.8 Å². The van der Waals surface area contributed by atoms with Gasteiger partial charge in [0.05, 0.1) is 17.3 Å². The van der Waals surface area contributed by atoms with E-state index in [-0.39, 0.29) is 37.2 Å². The van der Waals surface area contributed by atoms with Gasteiger partial charge in [-0.2, -0.15) is 0 Å². The fourth-order valence-corrected chi connectivity index (χ4v) is 4.27. The number of carbonyl (C=O) groups excluding carboxylic acids is 3. The van der Waals surface area contributed by atoms with Gasteiger partial charge < -0.3 is 30.3 Å². The highest BCUT2D eigenvalue weighted by Crippen LogP contribution is 2.37. The maximum absolute atomic E-state index is 13.4. The minimum atomic E-state index is -0.645. The van der Waals surface area contributed by atoms with Gasteiger partial charge in [0.25, 0.3) is 5.91 Å². The zero-order valence-corrected chi connectivity index (χ0v) is 17.2. The Bertz CT molecular complexity index is 1130. The van der Waals surface area contributed by atoms with E-state index in [0.29, 0.717) is 35.7 Å². The zero-order valence-electron chi connectivity index (χ0n) is 17.2. The Morgan fingerprint density at radius 3 is 2.78 bits per heavy atom. The van der Waals surface area contributed by atoms with E-state index >= 15 is 0 Å². The van der Waals surface area contributed by atoms with Crippen molar-refractivity contribution in [1.82, 2.24) is 15.5 Å². The Labute approximate surface area is 184 Å². The quantitative estimate of drug-likeness (QED) is 0.639. The molecule has 4 amide bonds. The minimum absolute atomic E-state index is 0.185. The SMILES string of the molecule is C=CCNC(=O)N[C@H]1C[C@H]2C(=O)Nc3ccc(-c4ccc5c(c4)OCO5)cc3C(=O)N2C1. The number of ether oxygens (including phenoxy) is 2. The summed E-state index contributed by atoms with van der Waals surface area (Å²) in [5.74, 6) is 0.827. The second kappa shape index (κ2) is 7.92. The lowest BCUT2D eigenvalue weighted by Gasteiger charge is -2.20. The van der Waals surface area contributed by atoms with Crippen LogP contribution in [-0.2, 0) is 4.79 Å². The average molecular weight is 434 g/mol. The molecule has 3 aliphatic heterocycles. The predicted octanol–water partition coefficient (Wildman–Crippen LogP) is 2.10. The number of hydrogen-bond acceptors (Lipinski definition) is 5. The summed E-state index contributed by atoms with van der Waals surface area (Å²) in [5.41, 5.74) is 2.58. The second-order valence-electron chi connectivity index (χ2n) is 7.87. The Hall–Kier alpha value is -4.01. The number of amides is 4. The molecule has 32 heavy (non-hydrogen) atoms. The van der Waals surface area contributed by atoms with Crippen molar-refractivity contribution in [3.8, 4) is 22.6 Å². The van der Waals surface area contributed by atoms with E-state index in [1.54, 1.807) is 18.2 Å². The van der Waals surface area contributed by atoms with Gasteiger partial charge in [-0.15, -0.1) is 6.58 Å². The summed E-state index contributed by atoms with van der Waals surface area (Å²) >= 11 is 0. The van der Waals surface area contributed by atoms with Crippen LogP contribution in [0.1, 0.15) is 16.8 Å². The lowest BCUT2D eigenvalue weighted by atomic mass is 10.0. The van der Waals surface area contributed by atoms with Gasteiger partial charge >= 0.3 is 6.03 Å². The first-order valence-corrected chi connectivity index (χ1v) is 10.3. The van der Waals surface area contributed by atoms with Gasteiger partial charge in [0, 0.05) is 13.1 Å². The molecule has 0 aromatic heterocycles. The van der Waals surface area contributed by atoms with E-state index in [4.69, 9.17) is 9.47 Å². The monoisotopic (exact) mass is 434 g/mol. The molecule has 5 rings (SSSR count). The number of benzene rings is 2. The van der Waals surface area contributed by atoms with Gasteiger partial charge in [-0.25, -0.2) is 4.79 Å². The molecule has 1 saturated heterocycles. The molecule has 0 radical (unpaired) electrons. The van der Waals surface area contributed by atoms with Crippen LogP contribution in [0.4, 0.5) is 10.5 Å². The predicted molar refractivity (Wildman–Crippen MR) is 117 cm³/mol.